The lowest BCUT2D eigenvalue weighted by molar-refractivity contribution is 0.141. The summed E-state index contributed by atoms with van der Waals surface area (Å²) in [4.78, 5) is 4.99. The van der Waals surface area contributed by atoms with Crippen LogP contribution in [0, 0.1) is 12.7 Å². The molecule has 4 heteroatoms. The maximum atomic E-state index is 13.5. The van der Waals surface area contributed by atoms with Gasteiger partial charge in [0, 0.05) is 19.1 Å². The normalized spacial score (nSPS) is 21.7. The molecule has 0 unspecified atom stereocenters. The van der Waals surface area contributed by atoms with Crippen molar-refractivity contribution in [1.82, 2.24) is 4.90 Å². The molecule has 2 N–H and O–H groups in total. The molecule has 1 aromatic rings. The van der Waals surface area contributed by atoms with Gasteiger partial charge in [-0.25, -0.2) is 4.39 Å². The van der Waals surface area contributed by atoms with Crippen LogP contribution in [0.5, 0.6) is 0 Å². The van der Waals surface area contributed by atoms with Gasteiger partial charge in [-0.05, 0) is 63.4 Å². The largest absolute Gasteiger partial charge is 0.397 e. The summed E-state index contributed by atoms with van der Waals surface area (Å²) in [6, 6.07) is 4.08. The Hall–Kier alpha value is -1.29. The van der Waals surface area contributed by atoms with Crippen LogP contribution in [0.15, 0.2) is 12.1 Å². The summed E-state index contributed by atoms with van der Waals surface area (Å²) in [7, 11) is 0. The van der Waals surface area contributed by atoms with Crippen LogP contribution in [0.1, 0.15) is 37.7 Å². The number of piperidine rings is 2. The van der Waals surface area contributed by atoms with Crippen LogP contribution in [0.25, 0.3) is 0 Å². The molecule has 2 aliphatic heterocycles. The second kappa shape index (κ2) is 6.22. The Labute approximate surface area is 126 Å². The standard InChI is InChI=1S/C17H26FN3/c1-13-11-17(16(19)12-15(13)18)21-9-5-14(6-10-21)20-7-3-2-4-8-20/h11-12,14H,2-10,19H2,1H3. The van der Waals surface area contributed by atoms with Gasteiger partial charge in [-0.2, -0.15) is 0 Å². The molecule has 0 spiro atoms. The number of nitrogens with two attached hydrogens (primary N) is 1. The summed E-state index contributed by atoms with van der Waals surface area (Å²) in [6.45, 7) is 6.39. The highest BCUT2D eigenvalue weighted by Gasteiger charge is 2.26. The maximum absolute atomic E-state index is 13.5. The molecule has 3 nitrogen and oxygen atoms in total. The molecule has 2 aliphatic rings. The molecule has 0 saturated carbocycles. The Bertz CT molecular complexity index is 489. The number of nitrogen functional groups attached to an aromatic ring is 1. The predicted octanol–water partition coefficient (Wildman–Crippen LogP) is 3.17. The van der Waals surface area contributed by atoms with E-state index in [0.29, 0.717) is 11.3 Å². The van der Waals surface area contributed by atoms with E-state index in [4.69, 9.17) is 5.73 Å². The van der Waals surface area contributed by atoms with Crippen molar-refractivity contribution in [2.45, 2.75) is 45.1 Å². The van der Waals surface area contributed by atoms with Gasteiger partial charge >= 0.3 is 0 Å². The molecule has 2 fully saturated rings. The van der Waals surface area contributed by atoms with Crippen LogP contribution < -0.4 is 10.6 Å². The van der Waals surface area contributed by atoms with Gasteiger partial charge in [0.15, 0.2) is 0 Å². The van der Waals surface area contributed by atoms with Gasteiger partial charge in [-0.1, -0.05) is 6.42 Å². The van der Waals surface area contributed by atoms with Crippen molar-refractivity contribution in [3.05, 3.63) is 23.5 Å². The van der Waals surface area contributed by atoms with E-state index in [9.17, 15) is 4.39 Å². The highest BCUT2D eigenvalue weighted by atomic mass is 19.1. The lowest BCUT2D eigenvalue weighted by atomic mass is 9.99. The average Bonchev–Trinajstić information content (AvgIpc) is 2.52. The van der Waals surface area contributed by atoms with E-state index in [2.05, 4.69) is 9.80 Å². The third kappa shape index (κ3) is 3.15. The molecule has 3 rings (SSSR count). The zero-order valence-electron chi connectivity index (χ0n) is 12.9. The number of aryl methyl sites for hydroxylation is 1. The van der Waals surface area contributed by atoms with Crippen LogP contribution in [-0.2, 0) is 0 Å². The Balaban J connectivity index is 1.64. The van der Waals surface area contributed by atoms with Gasteiger partial charge < -0.3 is 15.5 Å². The summed E-state index contributed by atoms with van der Waals surface area (Å²) in [5.74, 6) is -0.209. The summed E-state index contributed by atoms with van der Waals surface area (Å²) >= 11 is 0. The molecule has 0 amide bonds. The van der Waals surface area contributed by atoms with Gasteiger partial charge in [0.25, 0.3) is 0 Å². The molecule has 2 saturated heterocycles. The van der Waals surface area contributed by atoms with E-state index in [1.54, 1.807) is 6.92 Å². The molecule has 116 valence electrons. The Morgan fingerprint density at radius 2 is 1.71 bits per heavy atom. The molecular formula is C17H26FN3. The molecular weight excluding hydrogens is 265 g/mol. The number of rotatable bonds is 2. The van der Waals surface area contributed by atoms with E-state index < -0.39 is 0 Å². The highest BCUT2D eigenvalue weighted by molar-refractivity contribution is 5.69. The number of hydrogen-bond donors (Lipinski definition) is 1. The highest BCUT2D eigenvalue weighted by Crippen LogP contribution is 2.30. The van der Waals surface area contributed by atoms with Crippen LogP contribution in [0.4, 0.5) is 15.8 Å². The van der Waals surface area contributed by atoms with E-state index >= 15 is 0 Å². The van der Waals surface area contributed by atoms with Crippen LogP contribution in [0.3, 0.4) is 0 Å². The van der Waals surface area contributed by atoms with Crippen LogP contribution >= 0.6 is 0 Å². The fourth-order valence-corrected chi connectivity index (χ4v) is 3.71. The topological polar surface area (TPSA) is 32.5 Å². The number of nitrogens with zero attached hydrogens (tertiary/aromatic N) is 2. The SMILES string of the molecule is Cc1cc(N2CCC(N3CCCCC3)CC2)c(N)cc1F. The summed E-state index contributed by atoms with van der Waals surface area (Å²) in [5, 5.41) is 0. The van der Waals surface area contributed by atoms with E-state index in [1.165, 1.54) is 51.3 Å². The van der Waals surface area contributed by atoms with Gasteiger partial charge in [-0.3, -0.25) is 0 Å². The molecule has 0 aromatic heterocycles. The number of halogens is 1. The molecule has 1 aromatic carbocycles. The Kier molecular flexibility index (Phi) is 4.34. The fraction of sp³-hybridized carbons (Fsp3) is 0.647. The molecule has 0 atom stereocenters. The number of likely N-dealkylation sites (tertiary alicyclic amines) is 1. The second-order valence-corrected chi connectivity index (χ2v) is 6.48. The molecule has 21 heavy (non-hydrogen) atoms. The molecule has 0 aliphatic carbocycles. The van der Waals surface area contributed by atoms with Crippen LogP contribution in [-0.4, -0.2) is 37.1 Å². The van der Waals surface area contributed by atoms with Crippen molar-refractivity contribution in [3.63, 3.8) is 0 Å². The summed E-state index contributed by atoms with van der Waals surface area (Å²) in [5.41, 5.74) is 8.25. The van der Waals surface area contributed by atoms with Gasteiger partial charge in [0.05, 0.1) is 11.4 Å². The number of hydrogen-bond acceptors (Lipinski definition) is 3. The quantitative estimate of drug-likeness (QED) is 0.850. The average molecular weight is 291 g/mol. The third-order valence-electron chi connectivity index (χ3n) is 5.02. The number of anilines is 2. The minimum atomic E-state index is -0.209. The first-order chi connectivity index (χ1) is 10.1. The van der Waals surface area contributed by atoms with E-state index in [-0.39, 0.29) is 5.82 Å². The van der Waals surface area contributed by atoms with Gasteiger partial charge in [0.2, 0.25) is 0 Å². The van der Waals surface area contributed by atoms with Gasteiger partial charge in [0.1, 0.15) is 5.82 Å². The first kappa shape index (κ1) is 14.6. The Morgan fingerprint density at radius 1 is 1.05 bits per heavy atom. The predicted molar refractivity (Wildman–Crippen MR) is 86.2 cm³/mol. The smallest absolute Gasteiger partial charge is 0.128 e. The summed E-state index contributed by atoms with van der Waals surface area (Å²) < 4.78 is 13.5. The zero-order chi connectivity index (χ0) is 14.8. The maximum Gasteiger partial charge on any atom is 0.128 e. The monoisotopic (exact) mass is 291 g/mol. The second-order valence-electron chi connectivity index (χ2n) is 6.48. The fourth-order valence-electron chi connectivity index (χ4n) is 3.71. The molecule has 2 heterocycles. The summed E-state index contributed by atoms with van der Waals surface area (Å²) in [6.07, 6.45) is 6.47. The van der Waals surface area contributed by atoms with Crippen LogP contribution in [0.2, 0.25) is 0 Å². The van der Waals surface area contributed by atoms with E-state index in [0.717, 1.165) is 24.8 Å². The molecule has 0 bridgehead atoms. The van der Waals surface area contributed by atoms with Crippen molar-refractivity contribution in [3.8, 4) is 0 Å². The van der Waals surface area contributed by atoms with Crippen molar-refractivity contribution < 1.29 is 4.39 Å². The van der Waals surface area contributed by atoms with Gasteiger partial charge in [-0.15, -0.1) is 0 Å². The van der Waals surface area contributed by atoms with Crippen molar-refractivity contribution in [2.75, 3.05) is 36.8 Å². The van der Waals surface area contributed by atoms with Crippen molar-refractivity contribution in [2.24, 2.45) is 0 Å². The third-order valence-corrected chi connectivity index (χ3v) is 5.02. The van der Waals surface area contributed by atoms with E-state index in [1.807, 2.05) is 6.07 Å². The lowest BCUT2D eigenvalue weighted by Gasteiger charge is -2.41. The minimum Gasteiger partial charge on any atom is -0.397 e. The minimum absolute atomic E-state index is 0.209. The van der Waals surface area contributed by atoms with Crippen molar-refractivity contribution >= 4 is 11.4 Å². The first-order valence-electron chi connectivity index (χ1n) is 8.20. The van der Waals surface area contributed by atoms with Crippen molar-refractivity contribution in [1.29, 1.82) is 0 Å². The molecule has 0 radical (unpaired) electrons. The zero-order valence-corrected chi connectivity index (χ0v) is 12.9. The first-order valence-corrected chi connectivity index (χ1v) is 8.20. The Morgan fingerprint density at radius 3 is 2.38 bits per heavy atom. The number of benzene rings is 1. The lowest BCUT2D eigenvalue weighted by Crippen LogP contribution is -2.46.